The highest BCUT2D eigenvalue weighted by atomic mass is 16.7. The van der Waals surface area contributed by atoms with E-state index in [1.165, 1.54) is 0 Å². The Balaban J connectivity index is 2.01. The molecular formula is C41H60N2O10. The van der Waals surface area contributed by atoms with E-state index in [0.717, 1.165) is 36.8 Å². The molecule has 0 radical (unpaired) electrons. The van der Waals surface area contributed by atoms with Crippen molar-refractivity contribution in [1.82, 2.24) is 4.90 Å². The van der Waals surface area contributed by atoms with Gasteiger partial charge in [-0.2, -0.15) is 0 Å². The third-order valence-corrected chi connectivity index (χ3v) is 10.2. The van der Waals surface area contributed by atoms with E-state index in [9.17, 15) is 20.1 Å². The average Bonchev–Trinajstić information content (AvgIpc) is 3.17. The summed E-state index contributed by atoms with van der Waals surface area (Å²) in [6.45, 7) is 14.8. The summed E-state index contributed by atoms with van der Waals surface area (Å²) >= 11 is 0. The van der Waals surface area contributed by atoms with Crippen molar-refractivity contribution < 1.29 is 48.6 Å². The Bertz CT molecular complexity index is 1400. The molecule has 0 spiro atoms. The second-order valence-electron chi connectivity index (χ2n) is 13.5. The molecule has 53 heavy (non-hydrogen) atoms. The van der Waals surface area contributed by atoms with Crippen molar-refractivity contribution in [3.63, 3.8) is 0 Å². The number of allylic oxidation sites excluding steroid dienone is 1. The van der Waals surface area contributed by atoms with E-state index in [1.54, 1.807) is 23.1 Å². The maximum Gasteiger partial charge on any atom is 0.410 e. The summed E-state index contributed by atoms with van der Waals surface area (Å²) in [4.78, 5) is 21.5. The Morgan fingerprint density at radius 3 is 2.47 bits per heavy atom. The first-order valence-electron chi connectivity index (χ1n) is 19.1. The van der Waals surface area contributed by atoms with E-state index in [-0.39, 0.29) is 77.0 Å². The molecule has 12 nitrogen and oxygen atoms in total. The Hall–Kier alpha value is -3.68. The monoisotopic (exact) mass is 740 g/mol. The van der Waals surface area contributed by atoms with Crippen LogP contribution in [0, 0.1) is 17.8 Å². The molecule has 6 atom stereocenters. The van der Waals surface area contributed by atoms with Crippen LogP contribution in [0.2, 0.25) is 0 Å². The second kappa shape index (κ2) is 21.9. The van der Waals surface area contributed by atoms with E-state index in [1.807, 2.05) is 25.1 Å². The Labute approximate surface area is 314 Å². The number of nitrogens with zero attached hydrogens (tertiary/aromatic N) is 2. The lowest BCUT2D eigenvalue weighted by Crippen LogP contribution is -2.70. The number of ether oxygens (including phenoxy) is 5. The molecule has 0 bridgehead atoms. The number of amides is 1. The summed E-state index contributed by atoms with van der Waals surface area (Å²) in [5, 5.41) is 33.7. The average molecular weight is 741 g/mol. The number of benzene rings is 1. The smallest absolute Gasteiger partial charge is 0.410 e. The van der Waals surface area contributed by atoms with Crippen LogP contribution in [0.15, 0.2) is 73.0 Å². The van der Waals surface area contributed by atoms with Crippen LogP contribution in [0.1, 0.15) is 69.8 Å². The summed E-state index contributed by atoms with van der Waals surface area (Å²) < 4.78 is 31.7. The van der Waals surface area contributed by atoms with Gasteiger partial charge in [-0.05, 0) is 74.6 Å². The Morgan fingerprint density at radius 1 is 1.00 bits per heavy atom. The van der Waals surface area contributed by atoms with Crippen molar-refractivity contribution in [2.24, 2.45) is 22.9 Å². The number of hydrogen-bond donors (Lipinski definition) is 3. The first-order chi connectivity index (χ1) is 25.9. The van der Waals surface area contributed by atoms with Gasteiger partial charge < -0.3 is 43.8 Å². The molecule has 0 aromatic heterocycles. The molecule has 1 saturated carbocycles. The van der Waals surface area contributed by atoms with Crippen LogP contribution in [0.4, 0.5) is 4.79 Å². The molecule has 2 aliphatic carbocycles. The zero-order valence-corrected chi connectivity index (χ0v) is 31.4. The van der Waals surface area contributed by atoms with Crippen LogP contribution >= 0.6 is 0 Å². The normalized spacial score (nSPS) is 24.9. The molecule has 4 rings (SSSR count). The van der Waals surface area contributed by atoms with Gasteiger partial charge in [0, 0.05) is 37.7 Å². The zero-order valence-electron chi connectivity index (χ0n) is 31.4. The summed E-state index contributed by atoms with van der Waals surface area (Å²) in [6, 6.07) is 5.06. The largest absolute Gasteiger partial charge is 0.490 e. The molecule has 1 fully saturated rings. The topological polar surface area (TPSA) is 149 Å². The molecule has 6 unspecified atom stereocenters. The maximum atomic E-state index is 14.1. The van der Waals surface area contributed by atoms with Gasteiger partial charge in [-0.3, -0.25) is 4.90 Å². The number of aliphatic hydroxyl groups is 3. The van der Waals surface area contributed by atoms with Gasteiger partial charge in [-0.1, -0.05) is 48.9 Å². The lowest BCUT2D eigenvalue weighted by atomic mass is 9.55. The molecule has 1 aromatic rings. The van der Waals surface area contributed by atoms with Gasteiger partial charge in [0.2, 0.25) is 5.79 Å². The van der Waals surface area contributed by atoms with Crippen LogP contribution < -0.4 is 9.47 Å². The van der Waals surface area contributed by atoms with Gasteiger partial charge in [-0.15, -0.1) is 13.2 Å². The van der Waals surface area contributed by atoms with Crippen molar-refractivity contribution in [2.45, 2.75) is 76.0 Å². The SMILES string of the molecule is C=CCCOC(=O)N(CCOCCO)C1CC(=NOCC)C2=CC(CCCCO)C(CCCCO)C3c4cc(OCC=C)ccc4OC1(OCC=C)C23. The number of hydrogen-bond acceptors (Lipinski definition) is 11. The van der Waals surface area contributed by atoms with Crippen LogP contribution in [-0.4, -0.2) is 110 Å². The molecule has 0 saturated heterocycles. The predicted molar refractivity (Wildman–Crippen MR) is 203 cm³/mol. The minimum atomic E-state index is -1.42. The van der Waals surface area contributed by atoms with Crippen LogP contribution in [0.5, 0.6) is 11.5 Å². The standard InChI is InChI=1S/C41H60N2O10/c1-5-9-24-50-40(47)43(18-25-48-26-21-46)37-29-35(42-52-8-4)33-27-30(14-10-12-19-44)32(15-11-13-20-45)38-34-28-31(49-22-6-2)16-17-36(34)53-41(37,39(33)38)51-23-7-3/h5-7,16-17,27-28,30,32,37-39,44-46H,1-3,8-15,18-26,29H2,4H3. The third-order valence-electron chi connectivity index (χ3n) is 10.2. The van der Waals surface area contributed by atoms with Gasteiger partial charge in [0.05, 0.1) is 44.7 Å². The Morgan fingerprint density at radius 2 is 1.77 bits per heavy atom. The highest BCUT2D eigenvalue weighted by Gasteiger charge is 2.65. The number of rotatable bonds is 25. The summed E-state index contributed by atoms with van der Waals surface area (Å²) in [5.41, 5.74) is 2.59. The van der Waals surface area contributed by atoms with Crippen molar-refractivity contribution in [1.29, 1.82) is 0 Å². The minimum absolute atomic E-state index is 0.0750. The van der Waals surface area contributed by atoms with E-state index >= 15 is 0 Å². The molecule has 294 valence electrons. The molecule has 3 aliphatic rings. The van der Waals surface area contributed by atoms with Crippen LogP contribution in [-0.2, 0) is 19.0 Å². The van der Waals surface area contributed by atoms with Gasteiger partial charge in [0.1, 0.15) is 30.8 Å². The minimum Gasteiger partial charge on any atom is -0.490 e. The summed E-state index contributed by atoms with van der Waals surface area (Å²) in [5.74, 6) is -0.594. The van der Waals surface area contributed by atoms with E-state index < -0.39 is 23.8 Å². The number of fused-ring (bicyclic) bond motifs is 2. The maximum absolute atomic E-state index is 14.1. The number of oxime groups is 1. The number of unbranched alkanes of at least 4 members (excludes halogenated alkanes) is 2. The van der Waals surface area contributed by atoms with E-state index in [2.05, 4.69) is 25.8 Å². The first-order valence-corrected chi connectivity index (χ1v) is 19.1. The number of carbonyl (C=O) groups is 1. The lowest BCUT2D eigenvalue weighted by Gasteiger charge is -2.59. The zero-order chi connectivity index (χ0) is 38.1. The van der Waals surface area contributed by atoms with Crippen LogP contribution in [0.3, 0.4) is 0 Å². The third kappa shape index (κ3) is 10.3. The van der Waals surface area contributed by atoms with Crippen molar-refractivity contribution in [3.8, 4) is 11.5 Å². The molecule has 1 aliphatic heterocycles. The number of carbonyl (C=O) groups excluding carboxylic acids is 1. The fraction of sp³-hybridized carbons (Fsp3) is 0.610. The fourth-order valence-corrected chi connectivity index (χ4v) is 8.05. The van der Waals surface area contributed by atoms with E-state index in [4.69, 9.17) is 33.7 Å². The molecule has 1 amide bonds. The molecule has 1 aromatic carbocycles. The van der Waals surface area contributed by atoms with E-state index in [0.29, 0.717) is 49.7 Å². The molecule has 1 heterocycles. The quantitative estimate of drug-likeness (QED) is 0.0626. The van der Waals surface area contributed by atoms with Gasteiger partial charge in [0.15, 0.2) is 0 Å². The Kier molecular flexibility index (Phi) is 17.4. The van der Waals surface area contributed by atoms with Gasteiger partial charge >= 0.3 is 6.09 Å². The summed E-state index contributed by atoms with van der Waals surface area (Å²) in [6.07, 6.45) is 12.2. The van der Waals surface area contributed by atoms with Crippen molar-refractivity contribution >= 4 is 11.8 Å². The number of aliphatic hydroxyl groups excluding tert-OH is 3. The molecule has 12 heteroatoms. The predicted octanol–water partition coefficient (Wildman–Crippen LogP) is 5.93. The highest BCUT2D eigenvalue weighted by Crippen LogP contribution is 2.62. The van der Waals surface area contributed by atoms with Crippen molar-refractivity contribution in [3.05, 3.63) is 73.4 Å². The molecule has 3 N–H and O–H groups in total. The van der Waals surface area contributed by atoms with Crippen LogP contribution in [0.25, 0.3) is 0 Å². The fourth-order valence-electron chi connectivity index (χ4n) is 8.05. The molecular weight excluding hydrogens is 680 g/mol. The first kappa shape index (κ1) is 42.1. The van der Waals surface area contributed by atoms with Crippen molar-refractivity contribution in [2.75, 3.05) is 66.0 Å². The summed E-state index contributed by atoms with van der Waals surface area (Å²) in [7, 11) is 0. The second-order valence-corrected chi connectivity index (χ2v) is 13.5. The highest BCUT2D eigenvalue weighted by molar-refractivity contribution is 6.02. The lowest BCUT2D eigenvalue weighted by molar-refractivity contribution is -0.256. The van der Waals surface area contributed by atoms with Gasteiger partial charge in [-0.25, -0.2) is 4.79 Å². The van der Waals surface area contributed by atoms with Gasteiger partial charge in [0.25, 0.3) is 0 Å².